The molecule has 59 heavy (non-hydrogen) atoms. The molecule has 0 bridgehead atoms. The maximum Gasteiger partial charge on any atom is 0.238 e. The van der Waals surface area contributed by atoms with Crippen molar-refractivity contribution in [3.05, 3.63) is 194 Å². The number of fused-ring (bicyclic) bond motifs is 8. The Balaban J connectivity index is 1.19. The third-order valence-electron chi connectivity index (χ3n) is 11.2. The second-order valence-electron chi connectivity index (χ2n) is 14.7. The molecule has 0 aliphatic heterocycles. The summed E-state index contributed by atoms with van der Waals surface area (Å²) in [6.45, 7) is 0. The quantitative estimate of drug-likeness (QED) is 0.169. The van der Waals surface area contributed by atoms with Crippen molar-refractivity contribution in [2.24, 2.45) is 0 Å². The zero-order valence-corrected chi connectivity index (χ0v) is 31.6. The standard InChI is InChI=1S/C52H32N6O/c1-4-16-33(17-5-1)36-22-14-23-37(32-36)50-54-49(34-18-6-2-7-19-34)55-52(56-50)58-44-28-13-11-25-39(44)41-31-30-40-38-24-10-12-27-43(38)57(46(40)47(41)58)45-29-15-26-42-48(45)59-51(53-42)35-20-8-3-9-21-35/h1-32H. The minimum absolute atomic E-state index is 0.527. The summed E-state index contributed by atoms with van der Waals surface area (Å²) < 4.78 is 11.2. The first-order valence-corrected chi connectivity index (χ1v) is 19.7. The van der Waals surface area contributed by atoms with Crippen LogP contribution < -0.4 is 0 Å². The number of hydrogen-bond donors (Lipinski definition) is 0. The highest BCUT2D eigenvalue weighted by Gasteiger charge is 2.25. The van der Waals surface area contributed by atoms with Gasteiger partial charge in [0.15, 0.2) is 17.2 Å². The molecule has 0 aliphatic carbocycles. The van der Waals surface area contributed by atoms with Gasteiger partial charge in [0.25, 0.3) is 0 Å². The van der Waals surface area contributed by atoms with Crippen molar-refractivity contribution >= 4 is 54.7 Å². The van der Waals surface area contributed by atoms with Gasteiger partial charge in [-0.1, -0.05) is 152 Å². The fraction of sp³-hybridized carbons (Fsp3) is 0. The lowest BCUT2D eigenvalue weighted by atomic mass is 10.0. The van der Waals surface area contributed by atoms with E-state index in [0.717, 1.165) is 82.6 Å². The molecule has 0 spiro atoms. The second kappa shape index (κ2) is 13.2. The van der Waals surface area contributed by atoms with Gasteiger partial charge in [0.05, 0.1) is 27.8 Å². The summed E-state index contributed by atoms with van der Waals surface area (Å²) in [5.74, 6) is 2.29. The van der Waals surface area contributed by atoms with Crippen LogP contribution in [0.2, 0.25) is 0 Å². The Morgan fingerprint density at radius 1 is 0.356 bits per heavy atom. The van der Waals surface area contributed by atoms with E-state index < -0.39 is 0 Å². The van der Waals surface area contributed by atoms with Crippen LogP contribution in [0.5, 0.6) is 0 Å². The highest BCUT2D eigenvalue weighted by molar-refractivity contribution is 6.24. The third-order valence-corrected chi connectivity index (χ3v) is 11.2. The first-order chi connectivity index (χ1) is 29.3. The number of oxazole rings is 1. The predicted molar refractivity (Wildman–Crippen MR) is 238 cm³/mol. The molecule has 276 valence electrons. The minimum Gasteiger partial charge on any atom is -0.434 e. The minimum atomic E-state index is 0.527. The van der Waals surface area contributed by atoms with E-state index >= 15 is 0 Å². The monoisotopic (exact) mass is 756 g/mol. The number of nitrogens with zero attached hydrogens (tertiary/aromatic N) is 6. The maximum absolute atomic E-state index is 6.69. The van der Waals surface area contributed by atoms with Gasteiger partial charge < -0.3 is 8.98 Å². The first kappa shape index (κ1) is 33.0. The Bertz CT molecular complexity index is 3550. The number of benzene rings is 8. The molecule has 0 saturated carbocycles. The summed E-state index contributed by atoms with van der Waals surface area (Å²) in [4.78, 5) is 20.8. The van der Waals surface area contributed by atoms with E-state index in [2.05, 4.69) is 130 Å². The molecule has 4 aromatic heterocycles. The summed E-state index contributed by atoms with van der Waals surface area (Å²) in [6, 6.07) is 66.8. The molecule has 0 fully saturated rings. The van der Waals surface area contributed by atoms with Crippen LogP contribution >= 0.6 is 0 Å². The lowest BCUT2D eigenvalue weighted by molar-refractivity contribution is 0.618. The average molecular weight is 757 g/mol. The molecule has 12 aromatic rings. The molecule has 8 aromatic carbocycles. The molecule has 0 unspecified atom stereocenters. The van der Waals surface area contributed by atoms with Gasteiger partial charge in [-0.25, -0.2) is 9.97 Å². The van der Waals surface area contributed by atoms with E-state index in [1.54, 1.807) is 0 Å². The summed E-state index contributed by atoms with van der Waals surface area (Å²) in [6.07, 6.45) is 0. The largest absolute Gasteiger partial charge is 0.434 e. The fourth-order valence-electron chi connectivity index (χ4n) is 8.55. The van der Waals surface area contributed by atoms with E-state index in [1.165, 1.54) is 0 Å². The van der Waals surface area contributed by atoms with E-state index in [4.69, 9.17) is 24.4 Å². The molecule has 0 radical (unpaired) electrons. The Kier molecular flexibility index (Phi) is 7.40. The number of rotatable bonds is 6. The summed E-state index contributed by atoms with van der Waals surface area (Å²) in [7, 11) is 0. The molecule has 12 rings (SSSR count). The van der Waals surface area contributed by atoms with Gasteiger partial charge in [-0.3, -0.25) is 4.57 Å². The summed E-state index contributed by atoms with van der Waals surface area (Å²) in [5, 5.41) is 4.41. The fourth-order valence-corrected chi connectivity index (χ4v) is 8.55. The lowest BCUT2D eigenvalue weighted by Gasteiger charge is -2.13. The Morgan fingerprint density at radius 2 is 0.881 bits per heavy atom. The lowest BCUT2D eigenvalue weighted by Crippen LogP contribution is -2.07. The van der Waals surface area contributed by atoms with Crippen LogP contribution in [0.25, 0.3) is 112 Å². The number of aromatic nitrogens is 6. The highest BCUT2D eigenvalue weighted by atomic mass is 16.3. The molecule has 0 aliphatic rings. The second-order valence-corrected chi connectivity index (χ2v) is 14.7. The number of para-hydroxylation sites is 3. The SMILES string of the molecule is c1ccc(-c2cccc(-c3nc(-c4ccccc4)nc(-n4c5ccccc5c5ccc6c7ccccc7n(-c7cccc8nc(-c9ccccc9)oc78)c6c54)n3)c2)cc1. The van der Waals surface area contributed by atoms with Crippen molar-refractivity contribution in [2.45, 2.75) is 0 Å². The molecular weight excluding hydrogens is 725 g/mol. The van der Waals surface area contributed by atoms with Gasteiger partial charge >= 0.3 is 0 Å². The van der Waals surface area contributed by atoms with Gasteiger partial charge in [0.1, 0.15) is 5.52 Å². The zero-order chi connectivity index (χ0) is 38.9. The molecule has 0 amide bonds. The van der Waals surface area contributed by atoms with E-state index in [0.29, 0.717) is 29.1 Å². The Morgan fingerprint density at radius 3 is 1.58 bits per heavy atom. The molecule has 7 heteroatoms. The van der Waals surface area contributed by atoms with Gasteiger partial charge in [0.2, 0.25) is 11.8 Å². The Hall–Kier alpha value is -8.16. The zero-order valence-electron chi connectivity index (χ0n) is 31.6. The summed E-state index contributed by atoms with van der Waals surface area (Å²) in [5.41, 5.74) is 11.4. The van der Waals surface area contributed by atoms with Crippen molar-refractivity contribution in [1.29, 1.82) is 0 Å². The van der Waals surface area contributed by atoms with Crippen molar-refractivity contribution in [1.82, 2.24) is 29.1 Å². The third kappa shape index (κ3) is 5.29. The average Bonchev–Trinajstić information content (AvgIpc) is 4.01. The van der Waals surface area contributed by atoms with Crippen LogP contribution in [0.1, 0.15) is 0 Å². The molecule has 4 heterocycles. The molecule has 0 N–H and O–H groups in total. The molecule has 7 nitrogen and oxygen atoms in total. The van der Waals surface area contributed by atoms with Crippen molar-refractivity contribution in [3.63, 3.8) is 0 Å². The van der Waals surface area contributed by atoms with Gasteiger partial charge in [-0.05, 0) is 53.6 Å². The first-order valence-electron chi connectivity index (χ1n) is 19.7. The van der Waals surface area contributed by atoms with Crippen LogP contribution in [-0.2, 0) is 0 Å². The van der Waals surface area contributed by atoms with E-state index in [-0.39, 0.29) is 0 Å². The Labute approximate surface area is 338 Å². The van der Waals surface area contributed by atoms with Crippen molar-refractivity contribution in [2.75, 3.05) is 0 Å². The molecule has 0 atom stereocenters. The van der Waals surface area contributed by atoms with Crippen LogP contribution in [0, 0.1) is 0 Å². The van der Waals surface area contributed by atoms with E-state index in [9.17, 15) is 0 Å². The van der Waals surface area contributed by atoms with Crippen LogP contribution in [0.4, 0.5) is 0 Å². The normalized spacial score (nSPS) is 11.7. The van der Waals surface area contributed by atoms with E-state index in [1.807, 2.05) is 72.8 Å². The molecule has 0 saturated heterocycles. The van der Waals surface area contributed by atoms with Crippen LogP contribution in [0.3, 0.4) is 0 Å². The topological polar surface area (TPSA) is 74.6 Å². The van der Waals surface area contributed by atoms with Crippen molar-refractivity contribution < 1.29 is 4.42 Å². The van der Waals surface area contributed by atoms with Gasteiger partial charge in [-0.2, -0.15) is 9.97 Å². The smallest absolute Gasteiger partial charge is 0.238 e. The van der Waals surface area contributed by atoms with Crippen molar-refractivity contribution in [3.8, 4) is 57.0 Å². The predicted octanol–water partition coefficient (Wildman–Crippen LogP) is 12.9. The number of hydrogen-bond acceptors (Lipinski definition) is 5. The maximum atomic E-state index is 6.69. The van der Waals surface area contributed by atoms with Crippen LogP contribution in [0.15, 0.2) is 199 Å². The summed E-state index contributed by atoms with van der Waals surface area (Å²) >= 11 is 0. The molecular formula is C52H32N6O. The van der Waals surface area contributed by atoms with Crippen LogP contribution in [-0.4, -0.2) is 29.1 Å². The highest BCUT2D eigenvalue weighted by Crippen LogP contribution is 2.43. The van der Waals surface area contributed by atoms with Gasteiger partial charge in [-0.15, -0.1) is 0 Å². The van der Waals surface area contributed by atoms with Gasteiger partial charge in [0, 0.05) is 38.2 Å².